The molecule has 0 unspecified atom stereocenters. The van der Waals surface area contributed by atoms with Gasteiger partial charge in [-0.2, -0.15) is 0 Å². The molecule has 0 N–H and O–H groups in total. The van der Waals surface area contributed by atoms with Crippen LogP contribution in [-0.2, 0) is 14.3 Å². The maximum absolute atomic E-state index is 13.2. The van der Waals surface area contributed by atoms with Crippen molar-refractivity contribution in [1.29, 1.82) is 0 Å². The molecule has 3 aliphatic rings. The van der Waals surface area contributed by atoms with Crippen LogP contribution in [0, 0.1) is 11.8 Å². The van der Waals surface area contributed by atoms with E-state index in [1.165, 1.54) is 6.42 Å². The summed E-state index contributed by atoms with van der Waals surface area (Å²) >= 11 is 0. The summed E-state index contributed by atoms with van der Waals surface area (Å²) in [6, 6.07) is -0.449. The van der Waals surface area contributed by atoms with Crippen LogP contribution in [0.1, 0.15) is 52.9 Å². The van der Waals surface area contributed by atoms with Gasteiger partial charge in [-0.15, -0.1) is 0 Å². The Morgan fingerprint density at radius 3 is 2.50 bits per heavy atom. The van der Waals surface area contributed by atoms with Gasteiger partial charge in [0, 0.05) is 32.6 Å². The molecule has 0 aromatic carbocycles. The lowest BCUT2D eigenvalue weighted by atomic mass is 9.83. The van der Waals surface area contributed by atoms with Crippen molar-refractivity contribution in [3.05, 3.63) is 0 Å². The first-order chi connectivity index (χ1) is 12.3. The highest BCUT2D eigenvalue weighted by Crippen LogP contribution is 2.43. The van der Waals surface area contributed by atoms with Gasteiger partial charge in [0.15, 0.2) is 0 Å². The highest BCUT2D eigenvalue weighted by Gasteiger charge is 2.54. The van der Waals surface area contributed by atoms with E-state index in [0.717, 1.165) is 45.4 Å². The number of nitrogens with zero attached hydrogens (tertiary/aromatic N) is 3. The number of ether oxygens (including phenoxy) is 1. The molecule has 1 saturated carbocycles. The number of carbonyl (C=O) groups excluding carboxylic acids is 2. The van der Waals surface area contributed by atoms with E-state index < -0.39 is 11.8 Å². The van der Waals surface area contributed by atoms with Gasteiger partial charge in [0.2, 0.25) is 11.8 Å². The molecule has 3 atom stereocenters. The van der Waals surface area contributed by atoms with Gasteiger partial charge >= 0.3 is 0 Å². The number of rotatable bonds is 3. The first-order valence-electron chi connectivity index (χ1n) is 10.3. The zero-order chi connectivity index (χ0) is 18.9. The summed E-state index contributed by atoms with van der Waals surface area (Å²) in [5.74, 6) is 0.959. The van der Waals surface area contributed by atoms with E-state index in [0.29, 0.717) is 18.9 Å². The number of piperazine rings is 1. The molecule has 1 aliphatic carbocycles. The Kier molecular flexibility index (Phi) is 5.92. The molecule has 2 saturated heterocycles. The highest BCUT2D eigenvalue weighted by atomic mass is 16.5. The molecule has 2 aliphatic heterocycles. The van der Waals surface area contributed by atoms with Crippen LogP contribution >= 0.6 is 0 Å². The number of hydrogen-bond donors (Lipinski definition) is 0. The fourth-order valence-electron chi connectivity index (χ4n) is 4.76. The third kappa shape index (κ3) is 3.91. The smallest absolute Gasteiger partial charge is 0.247 e. The minimum atomic E-state index is -0.559. The Balaban J connectivity index is 1.81. The second kappa shape index (κ2) is 7.85. The van der Waals surface area contributed by atoms with Gasteiger partial charge in [0.1, 0.15) is 11.8 Å². The largest absolute Gasteiger partial charge is 0.353 e. The Hall–Kier alpha value is -1.14. The molecule has 3 rings (SSSR count). The third-order valence-corrected chi connectivity index (χ3v) is 6.14. The second-order valence-electron chi connectivity index (χ2n) is 8.96. The molecule has 0 aromatic rings. The predicted octanol–water partition coefficient (Wildman–Crippen LogP) is 1.94. The fourth-order valence-corrected chi connectivity index (χ4v) is 4.76. The minimum absolute atomic E-state index is 0.0744. The first-order valence-corrected chi connectivity index (χ1v) is 10.3. The summed E-state index contributed by atoms with van der Waals surface area (Å²) in [7, 11) is 2.08. The van der Waals surface area contributed by atoms with Crippen LogP contribution in [0.15, 0.2) is 0 Å². The van der Waals surface area contributed by atoms with E-state index in [2.05, 4.69) is 32.7 Å². The van der Waals surface area contributed by atoms with Crippen molar-refractivity contribution < 1.29 is 14.3 Å². The Labute approximate surface area is 157 Å². The molecule has 0 aromatic heterocycles. The maximum Gasteiger partial charge on any atom is 0.247 e. The number of likely N-dealkylation sites (N-methyl/N-ethyl adjacent to an activating group) is 1. The van der Waals surface area contributed by atoms with Crippen molar-refractivity contribution in [3.8, 4) is 0 Å². The van der Waals surface area contributed by atoms with Crippen LogP contribution in [0.3, 0.4) is 0 Å². The lowest BCUT2D eigenvalue weighted by Gasteiger charge is -2.44. The van der Waals surface area contributed by atoms with E-state index in [1.807, 2.05) is 9.80 Å². The summed E-state index contributed by atoms with van der Waals surface area (Å²) in [6.07, 6.45) is 4.42. The molecule has 1 spiro atoms. The monoisotopic (exact) mass is 365 g/mol. The summed E-state index contributed by atoms with van der Waals surface area (Å²) in [5, 5.41) is 0. The summed E-state index contributed by atoms with van der Waals surface area (Å²) in [5.41, 5.74) is -0.559. The Bertz CT molecular complexity index is 530. The van der Waals surface area contributed by atoms with Crippen molar-refractivity contribution in [2.45, 2.75) is 64.6 Å². The van der Waals surface area contributed by atoms with Crippen molar-refractivity contribution >= 4 is 11.8 Å². The highest BCUT2D eigenvalue weighted by molar-refractivity contribution is 5.89. The van der Waals surface area contributed by atoms with Crippen molar-refractivity contribution in [1.82, 2.24) is 14.7 Å². The normalized spacial score (nSPS) is 33.3. The van der Waals surface area contributed by atoms with Gasteiger partial charge in [-0.25, -0.2) is 0 Å². The van der Waals surface area contributed by atoms with Gasteiger partial charge in [0.25, 0.3) is 0 Å². The van der Waals surface area contributed by atoms with Gasteiger partial charge in [-0.05, 0) is 38.1 Å². The third-order valence-electron chi connectivity index (χ3n) is 6.14. The van der Waals surface area contributed by atoms with Crippen LogP contribution in [-0.4, -0.2) is 78.1 Å². The predicted molar refractivity (Wildman–Crippen MR) is 100 cm³/mol. The summed E-state index contributed by atoms with van der Waals surface area (Å²) in [4.78, 5) is 32.4. The van der Waals surface area contributed by atoms with E-state index in [-0.39, 0.29) is 17.7 Å². The lowest BCUT2D eigenvalue weighted by molar-refractivity contribution is -0.165. The SMILES string of the molecule is CC(C)CC(=O)N1[C@H](C(=O)N2CCN(C)CC2)CO[C@]12CCC[C@@H](C)C2. The van der Waals surface area contributed by atoms with Crippen molar-refractivity contribution in [2.75, 3.05) is 39.8 Å². The van der Waals surface area contributed by atoms with Gasteiger partial charge in [0.05, 0.1) is 6.61 Å². The van der Waals surface area contributed by atoms with Crippen molar-refractivity contribution in [3.63, 3.8) is 0 Å². The average molecular weight is 366 g/mol. The van der Waals surface area contributed by atoms with E-state index >= 15 is 0 Å². The molecule has 0 bridgehead atoms. The van der Waals surface area contributed by atoms with E-state index in [1.54, 1.807) is 0 Å². The quantitative estimate of drug-likeness (QED) is 0.767. The zero-order valence-corrected chi connectivity index (χ0v) is 16.9. The Morgan fingerprint density at radius 1 is 1.19 bits per heavy atom. The van der Waals surface area contributed by atoms with Crippen LogP contribution in [0.4, 0.5) is 0 Å². The van der Waals surface area contributed by atoms with Crippen LogP contribution in [0.5, 0.6) is 0 Å². The molecule has 26 heavy (non-hydrogen) atoms. The van der Waals surface area contributed by atoms with Gasteiger partial charge < -0.3 is 14.5 Å². The molecule has 2 heterocycles. The van der Waals surface area contributed by atoms with Gasteiger partial charge in [-0.3, -0.25) is 14.5 Å². The van der Waals surface area contributed by atoms with E-state index in [4.69, 9.17) is 4.74 Å². The zero-order valence-electron chi connectivity index (χ0n) is 16.9. The van der Waals surface area contributed by atoms with Crippen LogP contribution in [0.2, 0.25) is 0 Å². The summed E-state index contributed by atoms with van der Waals surface area (Å²) < 4.78 is 6.26. The number of carbonyl (C=O) groups is 2. The number of amides is 2. The topological polar surface area (TPSA) is 53.1 Å². The van der Waals surface area contributed by atoms with Crippen LogP contribution in [0.25, 0.3) is 0 Å². The molecule has 0 radical (unpaired) electrons. The fraction of sp³-hybridized carbons (Fsp3) is 0.900. The van der Waals surface area contributed by atoms with Gasteiger partial charge in [-0.1, -0.05) is 27.2 Å². The number of hydrogen-bond acceptors (Lipinski definition) is 4. The van der Waals surface area contributed by atoms with E-state index in [9.17, 15) is 9.59 Å². The molecular weight excluding hydrogens is 330 g/mol. The maximum atomic E-state index is 13.2. The van der Waals surface area contributed by atoms with Crippen LogP contribution < -0.4 is 0 Å². The molecule has 2 amide bonds. The molecule has 6 heteroatoms. The standard InChI is InChI=1S/C20H35N3O3/c1-15(2)12-18(24)23-17(19(25)22-10-8-21(4)9-11-22)14-26-20(23)7-5-6-16(3)13-20/h15-17H,5-14H2,1-4H3/t16-,17+,20+/m1/s1. The first kappa shape index (κ1) is 19.6. The minimum Gasteiger partial charge on any atom is -0.353 e. The average Bonchev–Trinajstić information content (AvgIpc) is 2.92. The molecule has 3 fully saturated rings. The summed E-state index contributed by atoms with van der Waals surface area (Å²) in [6.45, 7) is 9.95. The van der Waals surface area contributed by atoms with Crippen molar-refractivity contribution in [2.24, 2.45) is 11.8 Å². The molecular formula is C20H35N3O3. The lowest BCUT2D eigenvalue weighted by Crippen LogP contribution is -2.59. The Morgan fingerprint density at radius 2 is 1.88 bits per heavy atom. The molecule has 148 valence electrons. The molecule has 6 nitrogen and oxygen atoms in total. The second-order valence-corrected chi connectivity index (χ2v) is 8.96.